The van der Waals surface area contributed by atoms with Crippen LogP contribution in [0.2, 0.25) is 5.02 Å². The van der Waals surface area contributed by atoms with E-state index in [1.165, 1.54) is 0 Å². The Bertz CT molecular complexity index is 992. The minimum Gasteiger partial charge on any atom is -0.461 e. The van der Waals surface area contributed by atoms with Crippen LogP contribution in [0.5, 0.6) is 0 Å². The van der Waals surface area contributed by atoms with E-state index in [4.69, 9.17) is 21.2 Å². The Kier molecular flexibility index (Phi) is 6.25. The van der Waals surface area contributed by atoms with Gasteiger partial charge in [-0.3, -0.25) is 4.79 Å². The van der Waals surface area contributed by atoms with E-state index in [0.29, 0.717) is 6.20 Å². The molecule has 160 valence electrons. The number of rotatable bonds is 7. The fourth-order valence-electron chi connectivity index (χ4n) is 2.51. The largest absolute Gasteiger partial charge is 0.461 e. The molecule has 9 nitrogen and oxygen atoms in total. The molecule has 0 fully saturated rings. The maximum Gasteiger partial charge on any atom is 0.417 e. The number of alkyl halides is 3. The fraction of sp³-hybridized carbons (Fsp3) is 0.353. The van der Waals surface area contributed by atoms with Crippen LogP contribution < -0.4 is 5.32 Å². The SMILES string of the molecule is CCOC(=O)c1nocc1C(=O)C1=NO[C@H](CNc2ncc(C(F)(F)F)cc2Cl)C1. The molecule has 0 spiro atoms. The molecule has 0 bridgehead atoms. The number of oxime groups is 1. The van der Waals surface area contributed by atoms with Crippen LogP contribution in [0, 0.1) is 0 Å². The quantitative estimate of drug-likeness (QED) is 0.508. The first kappa shape index (κ1) is 21.6. The number of anilines is 1. The molecule has 0 saturated carbocycles. The molecule has 1 aliphatic heterocycles. The highest BCUT2D eigenvalue weighted by atomic mass is 35.5. The van der Waals surface area contributed by atoms with Crippen LogP contribution in [0.3, 0.4) is 0 Å². The number of nitrogens with one attached hydrogen (secondary N) is 1. The van der Waals surface area contributed by atoms with Crippen molar-refractivity contribution in [3.05, 3.63) is 40.4 Å². The Labute approximate surface area is 172 Å². The molecule has 0 radical (unpaired) electrons. The van der Waals surface area contributed by atoms with Gasteiger partial charge in [0.1, 0.15) is 17.8 Å². The summed E-state index contributed by atoms with van der Waals surface area (Å²) in [6.07, 6.45) is -3.45. The van der Waals surface area contributed by atoms with Gasteiger partial charge in [-0.1, -0.05) is 21.9 Å². The van der Waals surface area contributed by atoms with E-state index >= 15 is 0 Å². The van der Waals surface area contributed by atoms with Crippen molar-refractivity contribution in [3.63, 3.8) is 0 Å². The van der Waals surface area contributed by atoms with Crippen molar-refractivity contribution in [2.75, 3.05) is 18.5 Å². The van der Waals surface area contributed by atoms with Gasteiger partial charge in [-0.25, -0.2) is 9.78 Å². The first-order valence-corrected chi connectivity index (χ1v) is 8.94. The van der Waals surface area contributed by atoms with Crippen LogP contribution in [0.4, 0.5) is 19.0 Å². The average Bonchev–Trinajstić information content (AvgIpc) is 3.35. The molecule has 0 unspecified atom stereocenters. The first-order valence-electron chi connectivity index (χ1n) is 8.56. The zero-order valence-corrected chi connectivity index (χ0v) is 16.1. The number of pyridine rings is 1. The molecule has 0 amide bonds. The topological polar surface area (TPSA) is 116 Å². The Morgan fingerprint density at radius 1 is 1.40 bits per heavy atom. The Morgan fingerprint density at radius 3 is 2.83 bits per heavy atom. The lowest BCUT2D eigenvalue weighted by molar-refractivity contribution is -0.137. The van der Waals surface area contributed by atoms with E-state index in [2.05, 4.69) is 25.1 Å². The number of aromatic nitrogens is 2. The average molecular weight is 447 g/mol. The number of ether oxygens (including phenoxy) is 1. The van der Waals surface area contributed by atoms with Crippen molar-refractivity contribution in [1.82, 2.24) is 10.1 Å². The van der Waals surface area contributed by atoms with Gasteiger partial charge < -0.3 is 19.4 Å². The summed E-state index contributed by atoms with van der Waals surface area (Å²) in [5.74, 6) is -1.40. The van der Waals surface area contributed by atoms with Crippen molar-refractivity contribution in [2.45, 2.75) is 25.6 Å². The molecular weight excluding hydrogens is 433 g/mol. The number of ketones is 1. The monoisotopic (exact) mass is 446 g/mol. The van der Waals surface area contributed by atoms with Gasteiger partial charge in [-0.15, -0.1) is 0 Å². The molecule has 13 heteroatoms. The number of esters is 1. The lowest BCUT2D eigenvalue weighted by Gasteiger charge is -2.13. The Morgan fingerprint density at radius 2 is 2.17 bits per heavy atom. The second kappa shape index (κ2) is 8.69. The van der Waals surface area contributed by atoms with E-state index < -0.39 is 29.6 Å². The van der Waals surface area contributed by atoms with Gasteiger partial charge >= 0.3 is 12.1 Å². The van der Waals surface area contributed by atoms with Crippen molar-refractivity contribution < 1.29 is 36.9 Å². The fourth-order valence-corrected chi connectivity index (χ4v) is 2.74. The molecule has 2 aromatic rings. The number of Topliss-reactive ketones (excluding diaryl/α,β-unsaturated/α-hetero) is 1. The third-order valence-corrected chi connectivity index (χ3v) is 4.23. The first-order chi connectivity index (χ1) is 14.2. The van der Waals surface area contributed by atoms with Gasteiger partial charge in [0.05, 0.1) is 29.3 Å². The number of hydrogen-bond donors (Lipinski definition) is 1. The van der Waals surface area contributed by atoms with E-state index in [0.717, 1.165) is 12.3 Å². The minimum atomic E-state index is -4.56. The molecule has 3 rings (SSSR count). The van der Waals surface area contributed by atoms with Crippen molar-refractivity contribution >= 4 is 34.9 Å². The second-order valence-electron chi connectivity index (χ2n) is 6.03. The third kappa shape index (κ3) is 4.70. The van der Waals surface area contributed by atoms with Gasteiger partial charge in [0.2, 0.25) is 11.5 Å². The van der Waals surface area contributed by atoms with Crippen LogP contribution >= 0.6 is 11.6 Å². The lowest BCUT2D eigenvalue weighted by atomic mass is 10.0. The van der Waals surface area contributed by atoms with Gasteiger partial charge in [-0.2, -0.15) is 13.2 Å². The van der Waals surface area contributed by atoms with Crippen molar-refractivity contribution in [3.8, 4) is 0 Å². The second-order valence-corrected chi connectivity index (χ2v) is 6.44. The van der Waals surface area contributed by atoms with Crippen LogP contribution in [0.15, 0.2) is 28.2 Å². The zero-order chi connectivity index (χ0) is 21.9. The van der Waals surface area contributed by atoms with Crippen LogP contribution in [-0.2, 0) is 15.8 Å². The highest BCUT2D eigenvalue weighted by Crippen LogP contribution is 2.32. The van der Waals surface area contributed by atoms with E-state index in [1.807, 2.05) is 0 Å². The van der Waals surface area contributed by atoms with Crippen molar-refractivity contribution in [2.24, 2.45) is 5.16 Å². The highest BCUT2D eigenvalue weighted by Gasteiger charge is 2.33. The summed E-state index contributed by atoms with van der Waals surface area (Å²) < 4.78 is 47.5. The van der Waals surface area contributed by atoms with E-state index in [9.17, 15) is 22.8 Å². The minimum absolute atomic E-state index is 0.0158. The summed E-state index contributed by atoms with van der Waals surface area (Å²) in [7, 11) is 0. The molecule has 2 aromatic heterocycles. The predicted octanol–water partition coefficient (Wildman–Crippen LogP) is 3.36. The molecule has 1 N–H and O–H groups in total. The highest BCUT2D eigenvalue weighted by molar-refractivity contribution is 6.47. The number of nitrogens with zero attached hydrogens (tertiary/aromatic N) is 3. The van der Waals surface area contributed by atoms with Gasteiger partial charge in [0, 0.05) is 12.6 Å². The number of carbonyl (C=O) groups is 2. The van der Waals surface area contributed by atoms with Gasteiger partial charge in [-0.05, 0) is 13.0 Å². The third-order valence-electron chi connectivity index (χ3n) is 3.94. The van der Waals surface area contributed by atoms with E-state index in [1.54, 1.807) is 6.92 Å². The summed E-state index contributed by atoms with van der Waals surface area (Å²) in [6, 6.07) is 0.751. The lowest BCUT2D eigenvalue weighted by Crippen LogP contribution is -2.23. The van der Waals surface area contributed by atoms with Crippen LogP contribution in [0.25, 0.3) is 0 Å². The molecule has 0 aliphatic carbocycles. The normalized spacial score (nSPS) is 16.0. The molecule has 1 atom stereocenters. The summed E-state index contributed by atoms with van der Waals surface area (Å²) in [6.45, 7) is 1.76. The summed E-state index contributed by atoms with van der Waals surface area (Å²) in [5.41, 5.74) is -1.34. The van der Waals surface area contributed by atoms with Crippen molar-refractivity contribution in [1.29, 1.82) is 0 Å². The van der Waals surface area contributed by atoms with Gasteiger partial charge in [0.25, 0.3) is 0 Å². The number of hydrogen-bond acceptors (Lipinski definition) is 9. The molecule has 30 heavy (non-hydrogen) atoms. The number of carbonyl (C=O) groups excluding carboxylic acids is 2. The summed E-state index contributed by atoms with van der Waals surface area (Å²) in [5, 5.41) is 9.71. The van der Waals surface area contributed by atoms with Crippen LogP contribution in [0.1, 0.15) is 39.8 Å². The van der Waals surface area contributed by atoms with Gasteiger partial charge in [0.15, 0.2) is 6.10 Å². The Hall–Kier alpha value is -3.15. The maximum atomic E-state index is 12.7. The molecule has 3 heterocycles. The molecule has 1 aliphatic rings. The smallest absolute Gasteiger partial charge is 0.417 e. The van der Waals surface area contributed by atoms with Crippen LogP contribution in [-0.4, -0.2) is 46.9 Å². The molecule has 0 saturated heterocycles. The predicted molar refractivity (Wildman–Crippen MR) is 96.5 cm³/mol. The van der Waals surface area contributed by atoms with E-state index in [-0.39, 0.29) is 47.4 Å². The molecule has 0 aromatic carbocycles. The summed E-state index contributed by atoms with van der Waals surface area (Å²) >= 11 is 5.83. The summed E-state index contributed by atoms with van der Waals surface area (Å²) in [4.78, 5) is 33.2. The maximum absolute atomic E-state index is 12.7. The number of halogens is 4. The zero-order valence-electron chi connectivity index (χ0n) is 15.3. The molecular formula is C17H14ClF3N4O5. The Balaban J connectivity index is 1.59. The standard InChI is InChI=1S/C17H14ClF3N4O5/c1-2-28-16(27)13-10(7-29-25-13)14(26)12-4-9(30-24-12)6-23-15-11(18)3-8(5-22-15)17(19,20)21/h3,5,7,9H,2,4,6H2,1H3,(H,22,23)/t9-/m0/s1.